The summed E-state index contributed by atoms with van der Waals surface area (Å²) in [7, 11) is 1.58. The van der Waals surface area contributed by atoms with Crippen molar-refractivity contribution in [1.82, 2.24) is 9.88 Å². The van der Waals surface area contributed by atoms with Gasteiger partial charge >= 0.3 is 0 Å². The molecule has 1 aromatic heterocycles. The van der Waals surface area contributed by atoms with Crippen molar-refractivity contribution in [3.05, 3.63) is 64.8 Å². The number of nitrogens with zero attached hydrogens (tertiary/aromatic N) is 2. The predicted molar refractivity (Wildman–Crippen MR) is 135 cm³/mol. The van der Waals surface area contributed by atoms with Gasteiger partial charge in [-0.1, -0.05) is 11.6 Å². The molecule has 194 valence electrons. The Labute approximate surface area is 214 Å². The zero-order valence-corrected chi connectivity index (χ0v) is 21.0. The van der Waals surface area contributed by atoms with Crippen LogP contribution in [0.1, 0.15) is 37.4 Å². The number of rotatable bonds is 10. The highest BCUT2D eigenvalue weighted by Gasteiger charge is 2.34. The largest absolute Gasteiger partial charge is 0.497 e. The summed E-state index contributed by atoms with van der Waals surface area (Å²) < 4.78 is 37.5. The van der Waals surface area contributed by atoms with E-state index in [-0.39, 0.29) is 17.8 Å². The maximum absolute atomic E-state index is 13.3. The van der Waals surface area contributed by atoms with E-state index in [0.717, 1.165) is 55.0 Å². The van der Waals surface area contributed by atoms with E-state index in [2.05, 4.69) is 9.88 Å². The molecule has 0 spiro atoms. The number of methoxy groups -OCH3 is 1. The fourth-order valence-electron chi connectivity index (χ4n) is 4.86. The van der Waals surface area contributed by atoms with E-state index in [1.165, 1.54) is 0 Å². The standard InChI is InChI=1S/C27H31ClF2N2O4/c1-35-20-2-3-24-22(15-20)26(23(28)16-31-24)25(34)4-5-27(17-33)6-8-32(9-7-27)10-11-36-21-13-18(29)12-19(30)14-21/h2-3,12-16,25,33-34H,4-11,17H2,1H3/t25-/m1/s1. The zero-order chi connectivity index (χ0) is 25.7. The number of pyridine rings is 1. The minimum absolute atomic E-state index is 0.0330. The third-order valence-electron chi connectivity index (χ3n) is 7.11. The van der Waals surface area contributed by atoms with Gasteiger partial charge in [0.15, 0.2) is 0 Å². The molecule has 4 rings (SSSR count). The van der Waals surface area contributed by atoms with Crippen LogP contribution in [-0.2, 0) is 0 Å². The predicted octanol–water partition coefficient (Wildman–Crippen LogP) is 5.14. The minimum atomic E-state index is -0.809. The quantitative estimate of drug-likeness (QED) is 0.385. The molecular weight excluding hydrogens is 490 g/mol. The fourth-order valence-corrected chi connectivity index (χ4v) is 5.14. The van der Waals surface area contributed by atoms with E-state index in [9.17, 15) is 19.0 Å². The van der Waals surface area contributed by atoms with E-state index in [1.807, 2.05) is 18.2 Å². The third-order valence-corrected chi connectivity index (χ3v) is 7.42. The van der Waals surface area contributed by atoms with Crippen molar-refractivity contribution in [2.45, 2.75) is 31.8 Å². The molecule has 0 saturated carbocycles. The van der Waals surface area contributed by atoms with Crippen LogP contribution in [0, 0.1) is 17.0 Å². The summed E-state index contributed by atoms with van der Waals surface area (Å²) in [4.78, 5) is 6.56. The van der Waals surface area contributed by atoms with Gasteiger partial charge in [-0.3, -0.25) is 9.88 Å². The molecule has 0 bridgehead atoms. The van der Waals surface area contributed by atoms with Crippen molar-refractivity contribution in [3.63, 3.8) is 0 Å². The number of fused-ring (bicyclic) bond motifs is 1. The second-order valence-electron chi connectivity index (χ2n) is 9.41. The van der Waals surface area contributed by atoms with E-state index in [1.54, 1.807) is 13.3 Å². The van der Waals surface area contributed by atoms with Crippen LogP contribution in [-0.4, -0.2) is 60.1 Å². The van der Waals surface area contributed by atoms with E-state index < -0.39 is 17.7 Å². The van der Waals surface area contributed by atoms with Gasteiger partial charge in [-0.25, -0.2) is 8.78 Å². The Morgan fingerprint density at radius 1 is 1.11 bits per heavy atom. The number of hydrogen-bond acceptors (Lipinski definition) is 6. The lowest BCUT2D eigenvalue weighted by Gasteiger charge is -2.41. The second kappa shape index (κ2) is 11.7. The molecule has 0 amide bonds. The highest BCUT2D eigenvalue weighted by atomic mass is 35.5. The van der Waals surface area contributed by atoms with Gasteiger partial charge in [0.05, 0.1) is 23.8 Å². The summed E-state index contributed by atoms with van der Waals surface area (Å²) in [6.07, 6.45) is 3.37. The SMILES string of the molecule is COc1ccc2ncc(Cl)c([C@H](O)CCC3(CO)CCN(CCOc4cc(F)cc(F)c4)CC3)c2c1. The van der Waals surface area contributed by atoms with E-state index >= 15 is 0 Å². The van der Waals surface area contributed by atoms with Crippen LogP contribution in [0.25, 0.3) is 10.9 Å². The Hall–Kier alpha value is -2.52. The number of ether oxygens (including phenoxy) is 2. The van der Waals surface area contributed by atoms with Crippen LogP contribution in [0.2, 0.25) is 5.02 Å². The van der Waals surface area contributed by atoms with Gasteiger partial charge < -0.3 is 19.7 Å². The Bertz CT molecular complexity index is 1170. The summed E-state index contributed by atoms with van der Waals surface area (Å²) in [6.45, 7) is 2.47. The number of aromatic nitrogens is 1. The number of aliphatic hydroxyl groups is 2. The van der Waals surface area contributed by atoms with E-state index in [4.69, 9.17) is 21.1 Å². The van der Waals surface area contributed by atoms with Gasteiger partial charge in [-0.15, -0.1) is 0 Å². The van der Waals surface area contributed by atoms with Crippen LogP contribution >= 0.6 is 11.6 Å². The molecule has 0 aliphatic carbocycles. The molecule has 36 heavy (non-hydrogen) atoms. The van der Waals surface area contributed by atoms with Crippen LogP contribution in [0.4, 0.5) is 8.78 Å². The van der Waals surface area contributed by atoms with Crippen LogP contribution in [0.5, 0.6) is 11.5 Å². The molecule has 6 nitrogen and oxygen atoms in total. The van der Waals surface area contributed by atoms with Gasteiger partial charge in [-0.05, 0) is 62.4 Å². The number of hydrogen-bond donors (Lipinski definition) is 2. The number of aliphatic hydroxyl groups excluding tert-OH is 2. The Kier molecular flexibility index (Phi) is 8.62. The highest BCUT2D eigenvalue weighted by Crippen LogP contribution is 2.40. The lowest BCUT2D eigenvalue weighted by molar-refractivity contribution is 0.0205. The van der Waals surface area contributed by atoms with Crippen molar-refractivity contribution >= 4 is 22.5 Å². The van der Waals surface area contributed by atoms with Crippen molar-refractivity contribution in [3.8, 4) is 11.5 Å². The van der Waals surface area contributed by atoms with Gasteiger partial charge in [0.2, 0.25) is 0 Å². The molecular formula is C27H31ClF2N2O4. The molecule has 0 radical (unpaired) electrons. The average molecular weight is 521 g/mol. The van der Waals surface area contributed by atoms with Crippen molar-refractivity contribution in [1.29, 1.82) is 0 Å². The van der Waals surface area contributed by atoms with Crippen molar-refractivity contribution < 1.29 is 28.5 Å². The van der Waals surface area contributed by atoms with Crippen molar-refractivity contribution in [2.24, 2.45) is 5.41 Å². The lowest BCUT2D eigenvalue weighted by atomic mass is 9.74. The third kappa shape index (κ3) is 6.24. The van der Waals surface area contributed by atoms with E-state index in [0.29, 0.717) is 42.3 Å². The Morgan fingerprint density at radius 3 is 2.50 bits per heavy atom. The molecule has 2 heterocycles. The Morgan fingerprint density at radius 2 is 1.83 bits per heavy atom. The summed E-state index contributed by atoms with van der Waals surface area (Å²) in [5.41, 5.74) is 1.05. The van der Waals surface area contributed by atoms with Crippen molar-refractivity contribution in [2.75, 3.05) is 40.0 Å². The topological polar surface area (TPSA) is 75.0 Å². The van der Waals surface area contributed by atoms with Gasteiger partial charge in [0.25, 0.3) is 0 Å². The Balaban J connectivity index is 1.33. The molecule has 1 fully saturated rings. The molecule has 1 aliphatic heterocycles. The number of halogens is 3. The molecule has 2 N–H and O–H groups in total. The smallest absolute Gasteiger partial charge is 0.129 e. The summed E-state index contributed by atoms with van der Waals surface area (Å²) in [5.74, 6) is -0.509. The summed E-state index contributed by atoms with van der Waals surface area (Å²) in [5, 5.41) is 22.5. The number of likely N-dealkylation sites (tertiary alicyclic amines) is 1. The maximum atomic E-state index is 13.3. The first-order valence-electron chi connectivity index (χ1n) is 12.0. The normalized spacial score (nSPS) is 16.7. The monoisotopic (exact) mass is 520 g/mol. The van der Waals surface area contributed by atoms with Gasteiger partial charge in [0, 0.05) is 48.5 Å². The first kappa shape index (κ1) is 26.5. The number of piperidine rings is 1. The maximum Gasteiger partial charge on any atom is 0.129 e. The lowest BCUT2D eigenvalue weighted by Crippen LogP contribution is -2.43. The first-order valence-corrected chi connectivity index (χ1v) is 12.4. The molecule has 0 unspecified atom stereocenters. The zero-order valence-electron chi connectivity index (χ0n) is 20.2. The molecule has 9 heteroatoms. The van der Waals surface area contributed by atoms with Crippen LogP contribution in [0.3, 0.4) is 0 Å². The summed E-state index contributed by atoms with van der Waals surface area (Å²) in [6, 6.07) is 8.61. The minimum Gasteiger partial charge on any atom is -0.497 e. The second-order valence-corrected chi connectivity index (χ2v) is 9.82. The van der Waals surface area contributed by atoms with Crippen LogP contribution in [0.15, 0.2) is 42.6 Å². The highest BCUT2D eigenvalue weighted by molar-refractivity contribution is 6.32. The number of benzene rings is 2. The fraction of sp³-hybridized carbons (Fsp3) is 0.444. The van der Waals surface area contributed by atoms with Gasteiger partial charge in [0.1, 0.15) is 29.7 Å². The molecule has 1 aliphatic rings. The molecule has 1 atom stereocenters. The van der Waals surface area contributed by atoms with Gasteiger partial charge in [-0.2, -0.15) is 0 Å². The molecule has 1 saturated heterocycles. The first-order chi connectivity index (χ1) is 17.3. The average Bonchev–Trinajstić information content (AvgIpc) is 2.87. The molecule has 2 aromatic carbocycles. The van der Waals surface area contributed by atoms with Crippen LogP contribution < -0.4 is 9.47 Å². The summed E-state index contributed by atoms with van der Waals surface area (Å²) >= 11 is 6.44. The molecule has 3 aromatic rings.